The Morgan fingerprint density at radius 3 is 1.18 bits per heavy atom. The zero-order chi connectivity index (χ0) is 45.1. The summed E-state index contributed by atoms with van der Waals surface area (Å²) in [5.74, 6) is -0.104. The highest BCUT2D eigenvalue weighted by molar-refractivity contribution is 5.76. The molecule has 0 fully saturated rings. The molecule has 0 saturated heterocycles. The Hall–Kier alpha value is -1.92. The van der Waals surface area contributed by atoms with Crippen molar-refractivity contribution in [1.82, 2.24) is 5.32 Å². The van der Waals surface area contributed by atoms with Crippen molar-refractivity contribution >= 4 is 11.9 Å². The molecule has 6 nitrogen and oxygen atoms in total. The van der Waals surface area contributed by atoms with Gasteiger partial charge in [-0.05, 0) is 83.5 Å². The van der Waals surface area contributed by atoms with Crippen LogP contribution in [0.25, 0.3) is 0 Å². The van der Waals surface area contributed by atoms with Gasteiger partial charge in [-0.1, -0.05) is 224 Å². The number of hydrogen-bond donors (Lipinski definition) is 3. The van der Waals surface area contributed by atoms with Gasteiger partial charge in [0.2, 0.25) is 5.91 Å². The minimum absolute atomic E-state index is 0.0216. The van der Waals surface area contributed by atoms with Gasteiger partial charge in [0.05, 0.1) is 25.4 Å². The van der Waals surface area contributed by atoms with Gasteiger partial charge in [0, 0.05) is 12.8 Å². The van der Waals surface area contributed by atoms with Crippen molar-refractivity contribution in [3.8, 4) is 0 Å². The number of unbranched alkanes of at least 4 members (excludes halogenated alkanes) is 35. The largest absolute Gasteiger partial charge is 0.466 e. The Balaban J connectivity index is 3.53. The summed E-state index contributed by atoms with van der Waals surface area (Å²) in [6.07, 6.45) is 62.9. The molecule has 0 aromatic carbocycles. The topological polar surface area (TPSA) is 95.9 Å². The van der Waals surface area contributed by atoms with Crippen LogP contribution in [0.1, 0.15) is 284 Å². The predicted octanol–water partition coefficient (Wildman–Crippen LogP) is 16.5. The summed E-state index contributed by atoms with van der Waals surface area (Å²) in [6, 6.07) is -0.640. The monoisotopic (exact) mass is 872 g/mol. The molecule has 0 radical (unpaired) electrons. The van der Waals surface area contributed by atoms with E-state index in [0.717, 1.165) is 70.6 Å². The number of esters is 1. The number of hydrogen-bond acceptors (Lipinski definition) is 5. The van der Waals surface area contributed by atoms with E-state index in [4.69, 9.17) is 4.74 Å². The van der Waals surface area contributed by atoms with Gasteiger partial charge in [0.1, 0.15) is 0 Å². The van der Waals surface area contributed by atoms with E-state index in [1.807, 2.05) is 6.08 Å². The molecule has 364 valence electrons. The molecule has 0 bridgehead atoms. The number of allylic oxidation sites excluding steroid dienone is 5. The van der Waals surface area contributed by atoms with Gasteiger partial charge in [-0.25, -0.2) is 0 Å². The lowest BCUT2D eigenvalue weighted by atomic mass is 10.0. The second-order valence-electron chi connectivity index (χ2n) is 18.5. The summed E-state index contributed by atoms with van der Waals surface area (Å²) < 4.78 is 5.44. The number of amides is 1. The van der Waals surface area contributed by atoms with Crippen molar-refractivity contribution in [3.63, 3.8) is 0 Å². The summed E-state index contributed by atoms with van der Waals surface area (Å²) in [6.45, 7) is 4.84. The van der Waals surface area contributed by atoms with Crippen LogP contribution in [0, 0.1) is 0 Å². The lowest BCUT2D eigenvalue weighted by Crippen LogP contribution is -2.45. The van der Waals surface area contributed by atoms with E-state index in [1.54, 1.807) is 6.08 Å². The van der Waals surface area contributed by atoms with Crippen molar-refractivity contribution in [3.05, 3.63) is 36.5 Å². The SMILES string of the molecule is CCCCC/C=C\CCCCCCCC(=O)OCCCCCC/C=C\CCCCCCCCCC(=O)NC(CO)C(O)/C=C/CCCCCCCCCCCCCCCCCC. The fourth-order valence-electron chi connectivity index (χ4n) is 8.15. The maximum absolute atomic E-state index is 12.5. The minimum atomic E-state index is -0.855. The van der Waals surface area contributed by atoms with E-state index in [9.17, 15) is 19.8 Å². The number of ether oxygens (including phenoxy) is 1. The lowest BCUT2D eigenvalue weighted by Gasteiger charge is -2.20. The third kappa shape index (κ3) is 47.6. The zero-order valence-corrected chi connectivity index (χ0v) is 41.4. The van der Waals surface area contributed by atoms with Crippen molar-refractivity contribution in [2.75, 3.05) is 13.2 Å². The van der Waals surface area contributed by atoms with E-state index in [0.29, 0.717) is 19.4 Å². The Bertz CT molecular complexity index is 1010. The van der Waals surface area contributed by atoms with E-state index < -0.39 is 12.1 Å². The number of rotatable bonds is 50. The molecule has 6 heteroatoms. The van der Waals surface area contributed by atoms with E-state index in [1.165, 1.54) is 186 Å². The zero-order valence-electron chi connectivity index (χ0n) is 41.4. The molecule has 2 unspecified atom stereocenters. The highest BCUT2D eigenvalue weighted by atomic mass is 16.5. The maximum atomic E-state index is 12.5. The van der Waals surface area contributed by atoms with Crippen LogP contribution in [-0.4, -0.2) is 47.4 Å². The summed E-state index contributed by atoms with van der Waals surface area (Å²) >= 11 is 0. The minimum Gasteiger partial charge on any atom is -0.466 e. The van der Waals surface area contributed by atoms with Crippen LogP contribution < -0.4 is 5.32 Å². The molecular formula is C56H105NO5. The Morgan fingerprint density at radius 2 is 0.758 bits per heavy atom. The Morgan fingerprint density at radius 1 is 0.435 bits per heavy atom. The molecule has 3 N–H and O–H groups in total. The molecule has 0 heterocycles. The van der Waals surface area contributed by atoms with Gasteiger partial charge in [0.15, 0.2) is 0 Å². The number of carbonyl (C=O) groups excluding carboxylic acids is 2. The quantitative estimate of drug-likeness (QED) is 0.0321. The molecule has 0 saturated carbocycles. The van der Waals surface area contributed by atoms with Gasteiger partial charge in [-0.2, -0.15) is 0 Å². The van der Waals surface area contributed by atoms with Crippen LogP contribution in [0.2, 0.25) is 0 Å². The number of carbonyl (C=O) groups is 2. The predicted molar refractivity (Wildman–Crippen MR) is 269 cm³/mol. The van der Waals surface area contributed by atoms with Crippen LogP contribution in [0.15, 0.2) is 36.5 Å². The summed E-state index contributed by atoms with van der Waals surface area (Å²) in [7, 11) is 0. The standard InChI is InChI=1S/C56H105NO5/c1-3-5-7-9-11-13-15-17-18-19-20-22-25-28-32-36-40-44-48-54(59)53(52-58)57-55(60)49-45-41-37-33-29-26-23-21-24-27-31-35-39-43-47-51-62-56(61)50-46-42-38-34-30-16-14-12-10-8-6-4-2/h12,14,24,27,44,48,53-54,58-59H,3-11,13,15-23,25-26,28-43,45-47,49-52H2,1-2H3,(H,57,60)/b14-12-,27-24-,48-44+. The molecule has 0 aromatic heterocycles. The fourth-order valence-corrected chi connectivity index (χ4v) is 8.15. The first-order chi connectivity index (χ1) is 30.5. The number of nitrogens with one attached hydrogen (secondary N) is 1. The second-order valence-corrected chi connectivity index (χ2v) is 18.5. The maximum Gasteiger partial charge on any atom is 0.305 e. The lowest BCUT2D eigenvalue weighted by molar-refractivity contribution is -0.143. The molecule has 0 aliphatic carbocycles. The first-order valence-electron chi connectivity index (χ1n) is 27.3. The highest BCUT2D eigenvalue weighted by Crippen LogP contribution is 2.16. The van der Waals surface area contributed by atoms with Crippen LogP contribution in [-0.2, 0) is 14.3 Å². The molecule has 0 spiro atoms. The van der Waals surface area contributed by atoms with Gasteiger partial charge in [-0.3, -0.25) is 9.59 Å². The number of aliphatic hydroxyl groups is 2. The molecule has 0 aliphatic rings. The second kappa shape index (κ2) is 51.7. The van der Waals surface area contributed by atoms with E-state index in [2.05, 4.69) is 43.5 Å². The first-order valence-corrected chi connectivity index (χ1v) is 27.3. The third-order valence-corrected chi connectivity index (χ3v) is 12.4. The van der Waals surface area contributed by atoms with Gasteiger partial charge >= 0.3 is 5.97 Å². The van der Waals surface area contributed by atoms with Crippen LogP contribution >= 0.6 is 0 Å². The summed E-state index contributed by atoms with van der Waals surface area (Å²) in [5.41, 5.74) is 0. The number of aliphatic hydroxyl groups excluding tert-OH is 2. The normalized spacial score (nSPS) is 12.9. The average molecular weight is 872 g/mol. The average Bonchev–Trinajstić information content (AvgIpc) is 3.27. The molecule has 0 rings (SSSR count). The molecule has 0 aliphatic heterocycles. The van der Waals surface area contributed by atoms with Gasteiger partial charge < -0.3 is 20.3 Å². The van der Waals surface area contributed by atoms with Crippen LogP contribution in [0.3, 0.4) is 0 Å². The van der Waals surface area contributed by atoms with Crippen molar-refractivity contribution in [1.29, 1.82) is 0 Å². The van der Waals surface area contributed by atoms with Crippen LogP contribution in [0.5, 0.6) is 0 Å². The van der Waals surface area contributed by atoms with E-state index >= 15 is 0 Å². The Labute approximate surface area is 385 Å². The van der Waals surface area contributed by atoms with Gasteiger partial charge in [0.25, 0.3) is 0 Å². The fraction of sp³-hybridized carbons (Fsp3) is 0.857. The smallest absolute Gasteiger partial charge is 0.305 e. The first kappa shape index (κ1) is 60.1. The molecule has 2 atom stereocenters. The van der Waals surface area contributed by atoms with E-state index in [-0.39, 0.29) is 18.5 Å². The van der Waals surface area contributed by atoms with Crippen molar-refractivity contribution in [2.24, 2.45) is 0 Å². The molecular weight excluding hydrogens is 767 g/mol. The van der Waals surface area contributed by atoms with Crippen LogP contribution in [0.4, 0.5) is 0 Å². The third-order valence-electron chi connectivity index (χ3n) is 12.4. The Kier molecular flexibility index (Phi) is 50.1. The van der Waals surface area contributed by atoms with Crippen molar-refractivity contribution in [2.45, 2.75) is 296 Å². The summed E-state index contributed by atoms with van der Waals surface area (Å²) in [4.78, 5) is 24.4. The molecule has 1 amide bonds. The molecule has 62 heavy (non-hydrogen) atoms. The van der Waals surface area contributed by atoms with Gasteiger partial charge in [-0.15, -0.1) is 0 Å². The summed E-state index contributed by atoms with van der Waals surface area (Å²) in [5, 5.41) is 23.1. The van der Waals surface area contributed by atoms with Crippen molar-refractivity contribution < 1.29 is 24.5 Å². The highest BCUT2D eigenvalue weighted by Gasteiger charge is 2.18. The molecule has 0 aromatic rings.